The van der Waals surface area contributed by atoms with Crippen molar-refractivity contribution in [2.24, 2.45) is 0 Å². The van der Waals surface area contributed by atoms with Crippen LogP contribution in [0.15, 0.2) is 48.5 Å². The van der Waals surface area contributed by atoms with Gasteiger partial charge in [-0.3, -0.25) is 0 Å². The predicted octanol–water partition coefficient (Wildman–Crippen LogP) is 3.88. The zero-order valence-corrected chi connectivity index (χ0v) is 14.1. The average Bonchev–Trinajstić information content (AvgIpc) is 3.11. The lowest BCUT2D eigenvalue weighted by atomic mass is 9.99. The number of benzene rings is 2. The van der Waals surface area contributed by atoms with E-state index in [1.54, 1.807) is 0 Å². The van der Waals surface area contributed by atoms with Gasteiger partial charge in [0.05, 0.1) is 0 Å². The van der Waals surface area contributed by atoms with Gasteiger partial charge in [-0.1, -0.05) is 36.4 Å². The van der Waals surface area contributed by atoms with E-state index in [2.05, 4.69) is 47.4 Å². The van der Waals surface area contributed by atoms with Crippen LogP contribution >= 0.6 is 0 Å². The molecule has 2 aromatic rings. The molecule has 3 nitrogen and oxygen atoms in total. The molecule has 0 N–H and O–H groups in total. The zero-order chi connectivity index (χ0) is 16.2. The molecule has 0 spiro atoms. The summed E-state index contributed by atoms with van der Waals surface area (Å²) in [5, 5.41) is 0. The van der Waals surface area contributed by atoms with Crippen LogP contribution in [0.3, 0.4) is 0 Å². The molecule has 2 aliphatic rings. The molecule has 0 amide bonds. The summed E-state index contributed by atoms with van der Waals surface area (Å²) >= 11 is 0. The van der Waals surface area contributed by atoms with Crippen LogP contribution < -0.4 is 9.47 Å². The number of ether oxygens (including phenoxy) is 2. The fourth-order valence-electron chi connectivity index (χ4n) is 3.78. The molecule has 24 heavy (non-hydrogen) atoms. The Balaban J connectivity index is 1.26. The summed E-state index contributed by atoms with van der Waals surface area (Å²) in [6, 6.07) is 17.3. The van der Waals surface area contributed by atoms with Crippen molar-refractivity contribution in [3.8, 4) is 11.5 Å². The Hall–Kier alpha value is -2.00. The Morgan fingerprint density at radius 2 is 1.79 bits per heavy atom. The molecule has 0 radical (unpaired) electrons. The summed E-state index contributed by atoms with van der Waals surface area (Å²) in [4.78, 5) is 2.61. The van der Waals surface area contributed by atoms with Gasteiger partial charge in [0.15, 0.2) is 11.5 Å². The van der Waals surface area contributed by atoms with Gasteiger partial charge in [0.2, 0.25) is 0 Å². The zero-order valence-electron chi connectivity index (χ0n) is 14.1. The summed E-state index contributed by atoms with van der Waals surface area (Å²) in [6.07, 6.45) is 3.58. The van der Waals surface area contributed by atoms with E-state index in [4.69, 9.17) is 9.47 Å². The third-order valence-electron chi connectivity index (χ3n) is 5.09. The fraction of sp³-hybridized carbons (Fsp3) is 0.429. The molecular formula is C21H25NO2. The molecule has 4 rings (SSSR count). The van der Waals surface area contributed by atoms with E-state index in [0.29, 0.717) is 19.1 Å². The van der Waals surface area contributed by atoms with Crippen molar-refractivity contribution < 1.29 is 9.47 Å². The highest BCUT2D eigenvalue weighted by atomic mass is 16.6. The van der Waals surface area contributed by atoms with E-state index >= 15 is 0 Å². The second-order valence-electron chi connectivity index (χ2n) is 6.78. The molecule has 2 aromatic carbocycles. The second kappa shape index (κ2) is 7.27. The van der Waals surface area contributed by atoms with Gasteiger partial charge in [-0.05, 0) is 61.5 Å². The van der Waals surface area contributed by atoms with Gasteiger partial charge in [0.25, 0.3) is 0 Å². The first-order chi connectivity index (χ1) is 11.9. The van der Waals surface area contributed by atoms with Crippen LogP contribution in [0.25, 0.3) is 0 Å². The molecule has 0 bridgehead atoms. The molecule has 2 heterocycles. The van der Waals surface area contributed by atoms with E-state index in [0.717, 1.165) is 17.9 Å². The molecule has 2 aliphatic heterocycles. The number of likely N-dealkylation sites (tertiary alicyclic amines) is 1. The normalized spacial score (nSPS) is 20.2. The van der Waals surface area contributed by atoms with Gasteiger partial charge in [-0.2, -0.15) is 0 Å². The Kier molecular flexibility index (Phi) is 4.70. The van der Waals surface area contributed by atoms with Crippen LogP contribution in [0.4, 0.5) is 0 Å². The highest BCUT2D eigenvalue weighted by Gasteiger charge is 2.23. The lowest BCUT2D eigenvalue weighted by Crippen LogP contribution is -2.22. The quantitative estimate of drug-likeness (QED) is 0.833. The smallest absolute Gasteiger partial charge is 0.161 e. The first-order valence-electron chi connectivity index (χ1n) is 9.04. The van der Waals surface area contributed by atoms with Crippen LogP contribution in [0.2, 0.25) is 0 Å². The summed E-state index contributed by atoms with van der Waals surface area (Å²) in [5.74, 6) is 2.50. The fourth-order valence-corrected chi connectivity index (χ4v) is 3.78. The minimum atomic E-state index is 0.657. The second-order valence-corrected chi connectivity index (χ2v) is 6.78. The van der Waals surface area contributed by atoms with Crippen LogP contribution in [-0.2, 0) is 6.42 Å². The van der Waals surface area contributed by atoms with Crippen molar-refractivity contribution in [3.63, 3.8) is 0 Å². The van der Waals surface area contributed by atoms with Crippen LogP contribution in [-0.4, -0.2) is 37.7 Å². The van der Waals surface area contributed by atoms with Crippen molar-refractivity contribution in [2.45, 2.75) is 25.2 Å². The number of fused-ring (bicyclic) bond motifs is 1. The van der Waals surface area contributed by atoms with Crippen molar-refractivity contribution >= 4 is 0 Å². The molecular weight excluding hydrogens is 298 g/mol. The average molecular weight is 323 g/mol. The molecule has 0 aliphatic carbocycles. The van der Waals surface area contributed by atoms with E-state index in [1.807, 2.05) is 6.07 Å². The third kappa shape index (κ3) is 3.57. The molecule has 0 saturated carbocycles. The third-order valence-corrected chi connectivity index (χ3v) is 5.09. The molecule has 1 unspecified atom stereocenters. The first-order valence-corrected chi connectivity index (χ1v) is 9.04. The number of rotatable bonds is 5. The van der Waals surface area contributed by atoms with Crippen molar-refractivity contribution in [3.05, 3.63) is 59.7 Å². The van der Waals surface area contributed by atoms with E-state index in [1.165, 1.54) is 43.6 Å². The SMILES string of the molecule is c1ccc(C2CCN(CCCc3ccc4c(c3)OCCO4)C2)cc1. The van der Waals surface area contributed by atoms with Gasteiger partial charge in [-0.25, -0.2) is 0 Å². The molecule has 1 fully saturated rings. The standard InChI is InChI=1S/C21H25NO2/c1-2-6-18(7-3-1)19-10-12-22(16-19)11-4-5-17-8-9-20-21(15-17)24-14-13-23-20/h1-3,6-9,15,19H,4-5,10-14,16H2. The van der Waals surface area contributed by atoms with Gasteiger partial charge in [-0.15, -0.1) is 0 Å². The van der Waals surface area contributed by atoms with E-state index in [-0.39, 0.29) is 0 Å². The largest absolute Gasteiger partial charge is 0.486 e. The molecule has 126 valence electrons. The molecule has 3 heteroatoms. The molecule has 1 atom stereocenters. The first kappa shape index (κ1) is 15.5. The van der Waals surface area contributed by atoms with E-state index in [9.17, 15) is 0 Å². The Morgan fingerprint density at radius 3 is 2.67 bits per heavy atom. The lowest BCUT2D eigenvalue weighted by molar-refractivity contribution is 0.171. The van der Waals surface area contributed by atoms with Gasteiger partial charge in [0.1, 0.15) is 13.2 Å². The number of hydrogen-bond acceptors (Lipinski definition) is 3. The van der Waals surface area contributed by atoms with Crippen molar-refractivity contribution in [1.29, 1.82) is 0 Å². The van der Waals surface area contributed by atoms with Crippen molar-refractivity contribution in [2.75, 3.05) is 32.8 Å². The highest BCUT2D eigenvalue weighted by Crippen LogP contribution is 2.31. The number of aryl methyl sites for hydroxylation is 1. The summed E-state index contributed by atoms with van der Waals surface area (Å²) in [7, 11) is 0. The van der Waals surface area contributed by atoms with Crippen LogP contribution in [0.1, 0.15) is 29.9 Å². The highest BCUT2D eigenvalue weighted by molar-refractivity contribution is 5.43. The minimum Gasteiger partial charge on any atom is -0.486 e. The number of hydrogen-bond donors (Lipinski definition) is 0. The monoisotopic (exact) mass is 323 g/mol. The van der Waals surface area contributed by atoms with Gasteiger partial charge >= 0.3 is 0 Å². The summed E-state index contributed by atoms with van der Waals surface area (Å²) in [5.41, 5.74) is 2.84. The maximum Gasteiger partial charge on any atom is 0.161 e. The maximum absolute atomic E-state index is 5.67. The molecule has 1 saturated heterocycles. The predicted molar refractivity (Wildman–Crippen MR) is 96.0 cm³/mol. The topological polar surface area (TPSA) is 21.7 Å². The van der Waals surface area contributed by atoms with Crippen LogP contribution in [0.5, 0.6) is 11.5 Å². The summed E-state index contributed by atoms with van der Waals surface area (Å²) in [6.45, 7) is 4.92. The van der Waals surface area contributed by atoms with E-state index < -0.39 is 0 Å². The van der Waals surface area contributed by atoms with Gasteiger partial charge in [0, 0.05) is 6.54 Å². The maximum atomic E-state index is 5.67. The summed E-state index contributed by atoms with van der Waals surface area (Å²) < 4.78 is 11.3. The molecule has 0 aromatic heterocycles. The minimum absolute atomic E-state index is 0.657. The Labute approximate surface area is 144 Å². The number of nitrogens with zero attached hydrogens (tertiary/aromatic N) is 1. The Morgan fingerprint density at radius 1 is 0.958 bits per heavy atom. The van der Waals surface area contributed by atoms with Crippen LogP contribution in [0, 0.1) is 0 Å². The lowest BCUT2D eigenvalue weighted by Gasteiger charge is -2.19. The van der Waals surface area contributed by atoms with Gasteiger partial charge < -0.3 is 14.4 Å². The Bertz CT molecular complexity index is 671. The van der Waals surface area contributed by atoms with Crippen molar-refractivity contribution in [1.82, 2.24) is 4.90 Å².